The molecule has 0 saturated carbocycles. The zero-order valence-corrected chi connectivity index (χ0v) is 18.6. The molecule has 0 spiro atoms. The molecule has 5 nitrogen and oxygen atoms in total. The molecule has 0 bridgehead atoms. The monoisotopic (exact) mass is 448 g/mol. The van der Waals surface area contributed by atoms with Crippen molar-refractivity contribution in [3.05, 3.63) is 88.6 Å². The summed E-state index contributed by atoms with van der Waals surface area (Å²) < 4.78 is 10.9. The van der Waals surface area contributed by atoms with Crippen LogP contribution >= 0.6 is 11.6 Å². The topological polar surface area (TPSA) is 77.5 Å². The Morgan fingerprint density at radius 3 is 2.72 bits per heavy atom. The van der Waals surface area contributed by atoms with Gasteiger partial charge in [-0.3, -0.25) is 4.79 Å². The Hall–Kier alpha value is -3.28. The molecule has 0 atom stereocenters. The first-order chi connectivity index (χ1) is 15.6. The molecule has 4 aromatic rings. The number of para-hydroxylation sites is 1. The summed E-state index contributed by atoms with van der Waals surface area (Å²) in [7, 11) is 0. The minimum atomic E-state index is -0.238. The SMILES string of the molecule is CCOC(=O)Cc1ccccc1NCc1cc(-c2cccc(CN)c2)c2oc(Cl)cc2c1. The van der Waals surface area contributed by atoms with Crippen LogP contribution in [0.15, 0.2) is 71.1 Å². The van der Waals surface area contributed by atoms with Crippen LogP contribution in [0.25, 0.3) is 22.1 Å². The van der Waals surface area contributed by atoms with Crippen LogP contribution in [-0.4, -0.2) is 12.6 Å². The van der Waals surface area contributed by atoms with Crippen LogP contribution in [0, 0.1) is 0 Å². The minimum absolute atomic E-state index is 0.227. The first-order valence-electron chi connectivity index (χ1n) is 10.6. The van der Waals surface area contributed by atoms with Crippen LogP contribution in [0.3, 0.4) is 0 Å². The second-order valence-electron chi connectivity index (χ2n) is 7.51. The maximum absolute atomic E-state index is 12.0. The molecule has 0 radical (unpaired) electrons. The number of hydrogen-bond acceptors (Lipinski definition) is 5. The van der Waals surface area contributed by atoms with Crippen molar-refractivity contribution in [3.8, 4) is 11.1 Å². The van der Waals surface area contributed by atoms with E-state index in [1.807, 2.05) is 48.5 Å². The highest BCUT2D eigenvalue weighted by atomic mass is 35.5. The van der Waals surface area contributed by atoms with E-state index in [1.54, 1.807) is 6.92 Å². The molecular weight excluding hydrogens is 424 g/mol. The van der Waals surface area contributed by atoms with Gasteiger partial charge in [-0.1, -0.05) is 36.4 Å². The van der Waals surface area contributed by atoms with Crippen LogP contribution in [0.4, 0.5) is 5.69 Å². The van der Waals surface area contributed by atoms with E-state index in [4.69, 9.17) is 26.5 Å². The Balaban J connectivity index is 1.64. The number of carbonyl (C=O) groups excluding carboxylic acids is 1. The highest BCUT2D eigenvalue weighted by molar-refractivity contribution is 6.30. The number of anilines is 1. The normalized spacial score (nSPS) is 11.0. The van der Waals surface area contributed by atoms with Crippen LogP contribution in [-0.2, 0) is 29.0 Å². The lowest BCUT2D eigenvalue weighted by atomic mass is 9.98. The van der Waals surface area contributed by atoms with Gasteiger partial charge in [0, 0.05) is 35.8 Å². The first kappa shape index (κ1) is 21.9. The summed E-state index contributed by atoms with van der Waals surface area (Å²) in [5.41, 5.74) is 12.5. The quantitative estimate of drug-likeness (QED) is 0.327. The Morgan fingerprint density at radius 2 is 1.91 bits per heavy atom. The van der Waals surface area contributed by atoms with Crippen LogP contribution < -0.4 is 11.1 Å². The number of fused-ring (bicyclic) bond motifs is 1. The van der Waals surface area contributed by atoms with E-state index in [0.29, 0.717) is 24.9 Å². The van der Waals surface area contributed by atoms with E-state index in [1.165, 1.54) is 0 Å². The van der Waals surface area contributed by atoms with Crippen molar-refractivity contribution in [2.45, 2.75) is 26.4 Å². The lowest BCUT2D eigenvalue weighted by Gasteiger charge is -2.13. The summed E-state index contributed by atoms with van der Waals surface area (Å²) in [5, 5.41) is 4.74. The lowest BCUT2D eigenvalue weighted by molar-refractivity contribution is -0.142. The van der Waals surface area contributed by atoms with Gasteiger partial charge in [-0.2, -0.15) is 0 Å². The predicted octanol–water partition coefficient (Wildman–Crippen LogP) is 5.93. The van der Waals surface area contributed by atoms with Crippen molar-refractivity contribution in [3.63, 3.8) is 0 Å². The van der Waals surface area contributed by atoms with Gasteiger partial charge >= 0.3 is 5.97 Å². The van der Waals surface area contributed by atoms with Gasteiger partial charge in [0.2, 0.25) is 0 Å². The van der Waals surface area contributed by atoms with Crippen molar-refractivity contribution in [2.24, 2.45) is 5.73 Å². The van der Waals surface area contributed by atoms with Crippen molar-refractivity contribution in [1.82, 2.24) is 0 Å². The van der Waals surface area contributed by atoms with Crippen molar-refractivity contribution >= 4 is 34.2 Å². The second-order valence-corrected chi connectivity index (χ2v) is 7.88. The lowest BCUT2D eigenvalue weighted by Crippen LogP contribution is -2.10. The molecule has 1 heterocycles. The van der Waals surface area contributed by atoms with E-state index in [-0.39, 0.29) is 12.4 Å². The summed E-state index contributed by atoms with van der Waals surface area (Å²) in [6.07, 6.45) is 0.227. The van der Waals surface area contributed by atoms with Gasteiger partial charge in [-0.15, -0.1) is 0 Å². The largest absolute Gasteiger partial charge is 0.466 e. The smallest absolute Gasteiger partial charge is 0.310 e. The number of ether oxygens (including phenoxy) is 1. The minimum Gasteiger partial charge on any atom is -0.466 e. The molecule has 3 N–H and O–H groups in total. The zero-order chi connectivity index (χ0) is 22.5. The number of furan rings is 1. The predicted molar refractivity (Wildman–Crippen MR) is 129 cm³/mol. The number of rotatable bonds is 8. The molecule has 3 aromatic carbocycles. The molecule has 4 rings (SSSR count). The molecule has 0 aliphatic heterocycles. The summed E-state index contributed by atoms with van der Waals surface area (Å²) in [4.78, 5) is 12.0. The molecule has 0 saturated heterocycles. The van der Waals surface area contributed by atoms with E-state index in [0.717, 1.165) is 44.5 Å². The van der Waals surface area contributed by atoms with E-state index >= 15 is 0 Å². The van der Waals surface area contributed by atoms with Crippen molar-refractivity contribution < 1.29 is 13.9 Å². The van der Waals surface area contributed by atoms with Gasteiger partial charge in [-0.25, -0.2) is 0 Å². The maximum atomic E-state index is 12.0. The molecular formula is C26H25ClN2O3. The Labute approximate surface area is 192 Å². The maximum Gasteiger partial charge on any atom is 0.310 e. The van der Waals surface area contributed by atoms with Crippen molar-refractivity contribution in [1.29, 1.82) is 0 Å². The fourth-order valence-electron chi connectivity index (χ4n) is 3.78. The summed E-state index contributed by atoms with van der Waals surface area (Å²) in [5.74, 6) is -0.238. The summed E-state index contributed by atoms with van der Waals surface area (Å²) in [6.45, 7) is 3.22. The first-order valence-corrected chi connectivity index (χ1v) is 10.9. The number of benzene rings is 3. The average molecular weight is 449 g/mol. The van der Waals surface area contributed by atoms with Gasteiger partial charge in [0.15, 0.2) is 5.22 Å². The van der Waals surface area contributed by atoms with Gasteiger partial charge in [0.1, 0.15) is 5.58 Å². The van der Waals surface area contributed by atoms with Gasteiger partial charge in [0.25, 0.3) is 0 Å². The average Bonchev–Trinajstić information content (AvgIpc) is 3.18. The standard InChI is InChI=1S/C26H25ClN2O3/c1-2-31-25(30)14-20-7-3-4-9-23(20)29-16-18-11-21-13-24(27)32-26(21)22(12-18)19-8-5-6-17(10-19)15-28/h3-13,29H,2,14-16,28H2,1H3. The number of hydrogen-bond donors (Lipinski definition) is 2. The van der Waals surface area contributed by atoms with Crippen LogP contribution in [0.2, 0.25) is 5.22 Å². The third-order valence-corrected chi connectivity index (χ3v) is 5.45. The molecule has 0 fully saturated rings. The molecule has 0 aliphatic carbocycles. The molecule has 6 heteroatoms. The third-order valence-electron chi connectivity index (χ3n) is 5.26. The number of halogens is 1. The van der Waals surface area contributed by atoms with Gasteiger partial charge in [0.05, 0.1) is 13.0 Å². The summed E-state index contributed by atoms with van der Waals surface area (Å²) in [6, 6.07) is 21.8. The van der Waals surface area contributed by atoms with Crippen molar-refractivity contribution in [2.75, 3.05) is 11.9 Å². The van der Waals surface area contributed by atoms with Gasteiger partial charge < -0.3 is 20.2 Å². The number of nitrogens with one attached hydrogen (secondary N) is 1. The number of esters is 1. The number of nitrogens with two attached hydrogens (primary N) is 1. The molecule has 0 unspecified atom stereocenters. The molecule has 1 aromatic heterocycles. The molecule has 164 valence electrons. The van der Waals surface area contributed by atoms with Crippen LogP contribution in [0.1, 0.15) is 23.6 Å². The Bertz CT molecular complexity index is 1250. The Kier molecular flexibility index (Phi) is 6.78. The molecule has 32 heavy (non-hydrogen) atoms. The van der Waals surface area contributed by atoms with E-state index < -0.39 is 0 Å². The van der Waals surface area contributed by atoms with Gasteiger partial charge in [-0.05, 0) is 65.0 Å². The fourth-order valence-corrected chi connectivity index (χ4v) is 3.97. The highest BCUT2D eigenvalue weighted by Crippen LogP contribution is 2.34. The third kappa shape index (κ3) is 4.96. The van der Waals surface area contributed by atoms with E-state index in [2.05, 4.69) is 23.5 Å². The highest BCUT2D eigenvalue weighted by Gasteiger charge is 2.13. The number of carbonyl (C=O) groups is 1. The molecule has 0 aliphatic rings. The fraction of sp³-hybridized carbons (Fsp3) is 0.192. The van der Waals surface area contributed by atoms with E-state index in [9.17, 15) is 4.79 Å². The van der Waals surface area contributed by atoms with Crippen LogP contribution in [0.5, 0.6) is 0 Å². The second kappa shape index (κ2) is 9.90. The summed E-state index contributed by atoms with van der Waals surface area (Å²) >= 11 is 6.18. The Morgan fingerprint density at radius 1 is 1.06 bits per heavy atom. The molecule has 0 amide bonds. The zero-order valence-electron chi connectivity index (χ0n) is 17.9.